The molecule has 0 saturated heterocycles. The number of hydrogen-bond acceptors (Lipinski definition) is 4. The predicted molar refractivity (Wildman–Crippen MR) is 44.2 cm³/mol. The average molecular weight is 216 g/mol. The van der Waals surface area contributed by atoms with Crippen LogP contribution in [0.25, 0.3) is 0 Å². The molecule has 1 rings (SSSR count). The molecular formula is C7H5FN2O5. The Labute approximate surface area is 80.8 Å². The van der Waals surface area contributed by atoms with Crippen LogP contribution >= 0.6 is 0 Å². The Hall–Kier alpha value is -2.25. The Bertz CT molecular complexity index is 529. The van der Waals surface area contributed by atoms with Crippen LogP contribution in [0.1, 0.15) is 11.2 Å². The fraction of sp³-hybridized carbons (Fsp3) is 0.143. The molecule has 15 heavy (non-hydrogen) atoms. The molecule has 7 nitrogen and oxygen atoms in total. The topological polar surface area (TPSA) is 109 Å². The van der Waals surface area contributed by atoms with Gasteiger partial charge in [-0.15, -0.1) is 0 Å². The van der Waals surface area contributed by atoms with Crippen LogP contribution < -0.4 is 11.2 Å². The van der Waals surface area contributed by atoms with E-state index >= 15 is 0 Å². The summed E-state index contributed by atoms with van der Waals surface area (Å²) in [6, 6.07) is 0. The third kappa shape index (κ3) is 2.36. The first-order valence-electron chi connectivity index (χ1n) is 3.68. The molecule has 0 bridgehead atoms. The van der Waals surface area contributed by atoms with Crippen LogP contribution in [0.3, 0.4) is 0 Å². The lowest BCUT2D eigenvalue weighted by Gasteiger charge is -2.00. The molecule has 2 N–H and O–H groups in total. The Kier molecular flexibility index (Phi) is 2.79. The molecule has 0 aliphatic carbocycles. The number of aromatic amines is 1. The first-order chi connectivity index (χ1) is 6.91. The van der Waals surface area contributed by atoms with Crippen molar-refractivity contribution < 1.29 is 19.1 Å². The third-order valence-corrected chi connectivity index (χ3v) is 1.47. The van der Waals surface area contributed by atoms with Gasteiger partial charge in [0.05, 0.1) is 6.20 Å². The van der Waals surface area contributed by atoms with Gasteiger partial charge in [0, 0.05) is 0 Å². The van der Waals surface area contributed by atoms with Gasteiger partial charge < -0.3 is 5.11 Å². The maximum absolute atomic E-state index is 12.7. The lowest BCUT2D eigenvalue weighted by molar-refractivity contribution is -0.136. The van der Waals surface area contributed by atoms with E-state index in [-0.39, 0.29) is 4.57 Å². The number of carboxylic acid groups (broad SMARTS) is 1. The van der Waals surface area contributed by atoms with E-state index in [0.717, 1.165) is 0 Å². The highest BCUT2D eigenvalue weighted by atomic mass is 19.1. The van der Waals surface area contributed by atoms with E-state index in [1.807, 2.05) is 0 Å². The number of hydrogen-bond donors (Lipinski definition) is 2. The van der Waals surface area contributed by atoms with E-state index < -0.39 is 35.4 Å². The van der Waals surface area contributed by atoms with Gasteiger partial charge in [0.15, 0.2) is 0 Å². The van der Waals surface area contributed by atoms with E-state index in [0.29, 0.717) is 6.20 Å². The molecule has 0 unspecified atom stereocenters. The summed E-state index contributed by atoms with van der Waals surface area (Å²) in [6.45, 7) is 0. The zero-order valence-electron chi connectivity index (χ0n) is 7.19. The lowest BCUT2D eigenvalue weighted by Crippen LogP contribution is -2.35. The van der Waals surface area contributed by atoms with E-state index in [4.69, 9.17) is 5.11 Å². The van der Waals surface area contributed by atoms with Gasteiger partial charge in [0.2, 0.25) is 11.7 Å². The molecule has 0 saturated carbocycles. The standard InChI is InChI=1S/C7H5FN2O5/c8-3-2-10(4(11)1-5(12)13)7(15)9-6(3)14/h2H,1H2,(H,12,13)(H,9,14,15). The van der Waals surface area contributed by atoms with Gasteiger partial charge in [0.25, 0.3) is 5.56 Å². The van der Waals surface area contributed by atoms with Gasteiger partial charge in [-0.05, 0) is 0 Å². The summed E-state index contributed by atoms with van der Waals surface area (Å²) in [5.41, 5.74) is -2.44. The Morgan fingerprint density at radius 1 is 1.47 bits per heavy atom. The molecule has 0 aliphatic rings. The van der Waals surface area contributed by atoms with Crippen LogP contribution in [0.2, 0.25) is 0 Å². The normalized spacial score (nSPS) is 9.93. The number of nitrogens with zero attached hydrogens (tertiary/aromatic N) is 1. The molecule has 80 valence electrons. The van der Waals surface area contributed by atoms with Gasteiger partial charge in [-0.1, -0.05) is 0 Å². The fourth-order valence-corrected chi connectivity index (χ4v) is 0.847. The van der Waals surface area contributed by atoms with Gasteiger partial charge in [-0.2, -0.15) is 4.39 Å². The molecule has 1 aromatic heterocycles. The maximum atomic E-state index is 12.7. The number of halogens is 1. The molecule has 0 radical (unpaired) electrons. The van der Waals surface area contributed by atoms with Crippen molar-refractivity contribution in [2.75, 3.05) is 0 Å². The lowest BCUT2D eigenvalue weighted by atomic mass is 10.4. The van der Waals surface area contributed by atoms with E-state index in [1.165, 1.54) is 4.98 Å². The summed E-state index contributed by atoms with van der Waals surface area (Å²) in [6.07, 6.45) is -0.613. The largest absolute Gasteiger partial charge is 0.481 e. The first-order valence-corrected chi connectivity index (χ1v) is 3.68. The van der Waals surface area contributed by atoms with E-state index in [2.05, 4.69) is 0 Å². The van der Waals surface area contributed by atoms with E-state index in [9.17, 15) is 23.6 Å². The van der Waals surface area contributed by atoms with Crippen molar-refractivity contribution in [2.24, 2.45) is 0 Å². The number of nitrogens with one attached hydrogen (secondary N) is 1. The number of aliphatic carboxylic acids is 1. The summed E-state index contributed by atoms with van der Waals surface area (Å²) in [5, 5.41) is 8.26. The highest BCUT2D eigenvalue weighted by Gasteiger charge is 2.13. The molecule has 1 aromatic rings. The second kappa shape index (κ2) is 3.86. The van der Waals surface area contributed by atoms with Crippen LogP contribution in [0.5, 0.6) is 0 Å². The zero-order chi connectivity index (χ0) is 11.6. The van der Waals surface area contributed by atoms with Crippen LogP contribution in [0, 0.1) is 5.82 Å². The summed E-state index contributed by atoms with van der Waals surface area (Å²) >= 11 is 0. The molecule has 0 spiro atoms. The first kappa shape index (κ1) is 10.8. The molecule has 0 amide bonds. The fourth-order valence-electron chi connectivity index (χ4n) is 0.847. The van der Waals surface area contributed by atoms with Crippen LogP contribution in [0.15, 0.2) is 15.8 Å². The quantitative estimate of drug-likeness (QED) is 0.603. The van der Waals surface area contributed by atoms with Crippen molar-refractivity contribution in [2.45, 2.75) is 6.42 Å². The molecule has 0 aliphatic heterocycles. The molecule has 0 aromatic carbocycles. The average Bonchev–Trinajstić information content (AvgIpc) is 2.09. The van der Waals surface area contributed by atoms with Crippen molar-refractivity contribution in [3.63, 3.8) is 0 Å². The third-order valence-electron chi connectivity index (χ3n) is 1.47. The van der Waals surface area contributed by atoms with Crippen LogP contribution in [0.4, 0.5) is 4.39 Å². The molecular weight excluding hydrogens is 211 g/mol. The minimum absolute atomic E-state index is 0.199. The van der Waals surface area contributed by atoms with Gasteiger partial charge in [-0.3, -0.25) is 19.4 Å². The number of carbonyl (C=O) groups excluding carboxylic acids is 1. The second-order valence-electron chi connectivity index (χ2n) is 2.57. The van der Waals surface area contributed by atoms with Crippen molar-refractivity contribution in [3.8, 4) is 0 Å². The summed E-state index contributed by atoms with van der Waals surface area (Å²) in [7, 11) is 0. The highest BCUT2D eigenvalue weighted by molar-refractivity contribution is 5.94. The number of aromatic nitrogens is 2. The predicted octanol–water partition coefficient (Wildman–Crippen LogP) is -1.21. The molecule has 8 heteroatoms. The van der Waals surface area contributed by atoms with Crippen molar-refractivity contribution >= 4 is 11.9 Å². The van der Waals surface area contributed by atoms with E-state index in [1.54, 1.807) is 0 Å². The van der Waals surface area contributed by atoms with Crippen molar-refractivity contribution in [1.82, 2.24) is 9.55 Å². The SMILES string of the molecule is O=C(O)CC(=O)n1cc(F)c(=O)[nH]c1=O. The van der Waals surface area contributed by atoms with Crippen LogP contribution in [-0.4, -0.2) is 26.5 Å². The minimum atomic E-state index is -1.46. The maximum Gasteiger partial charge on any atom is 0.335 e. The van der Waals surface area contributed by atoms with Crippen molar-refractivity contribution in [1.29, 1.82) is 0 Å². The highest BCUT2D eigenvalue weighted by Crippen LogP contribution is 1.89. The number of carboxylic acids is 1. The van der Waals surface area contributed by atoms with Crippen molar-refractivity contribution in [3.05, 3.63) is 32.9 Å². The summed E-state index contributed by atoms with van der Waals surface area (Å²) in [5.74, 6) is -3.94. The number of rotatable bonds is 2. The Morgan fingerprint density at radius 3 is 2.60 bits per heavy atom. The van der Waals surface area contributed by atoms with Gasteiger partial charge in [0.1, 0.15) is 6.42 Å². The second-order valence-corrected chi connectivity index (χ2v) is 2.57. The molecule has 1 heterocycles. The summed E-state index contributed by atoms with van der Waals surface area (Å²) < 4.78 is 12.9. The zero-order valence-corrected chi connectivity index (χ0v) is 7.19. The molecule has 0 fully saturated rings. The monoisotopic (exact) mass is 216 g/mol. The minimum Gasteiger partial charge on any atom is -0.481 e. The Balaban J connectivity index is 3.21. The Morgan fingerprint density at radius 2 is 2.07 bits per heavy atom. The summed E-state index contributed by atoms with van der Waals surface area (Å²) in [4.78, 5) is 44.2. The molecule has 0 atom stereocenters. The van der Waals surface area contributed by atoms with Crippen LogP contribution in [-0.2, 0) is 4.79 Å². The number of H-pyrrole nitrogens is 1. The van der Waals surface area contributed by atoms with Gasteiger partial charge in [-0.25, -0.2) is 9.36 Å². The smallest absolute Gasteiger partial charge is 0.335 e. The number of carbonyl (C=O) groups is 2. The van der Waals surface area contributed by atoms with Gasteiger partial charge >= 0.3 is 11.7 Å².